The van der Waals surface area contributed by atoms with Crippen LogP contribution in [-0.2, 0) is 7.05 Å². The number of pyridine rings is 1. The molecule has 3 rings (SSSR count). The Morgan fingerprint density at radius 3 is 2.80 bits per heavy atom. The number of aromatic nitrogens is 2. The summed E-state index contributed by atoms with van der Waals surface area (Å²) in [7, 11) is 2.07. The Morgan fingerprint density at radius 2 is 1.93 bits per heavy atom. The first-order valence-corrected chi connectivity index (χ1v) is 5.23. The van der Waals surface area contributed by atoms with Gasteiger partial charge in [-0.25, -0.2) is 0 Å². The van der Waals surface area contributed by atoms with E-state index in [-0.39, 0.29) is 0 Å². The Balaban J connectivity index is 2.64. The zero-order chi connectivity index (χ0) is 10.4. The lowest BCUT2D eigenvalue weighted by atomic mass is 10.2. The molecule has 2 nitrogen and oxygen atoms in total. The number of nitrogens with zero attached hydrogens (tertiary/aromatic N) is 2. The van der Waals surface area contributed by atoms with Crippen molar-refractivity contribution in [3.05, 3.63) is 36.7 Å². The van der Waals surface area contributed by atoms with Crippen LogP contribution in [0.3, 0.4) is 0 Å². The third kappa shape index (κ3) is 1.16. The zero-order valence-corrected chi connectivity index (χ0v) is 9.20. The first-order chi connectivity index (χ1) is 7.27. The fourth-order valence-electron chi connectivity index (χ4n) is 2.05. The van der Waals surface area contributed by atoms with Crippen LogP contribution in [0, 0.1) is 0 Å². The van der Waals surface area contributed by atoms with E-state index in [2.05, 4.69) is 41.4 Å². The minimum Gasteiger partial charge on any atom is -0.344 e. The summed E-state index contributed by atoms with van der Waals surface area (Å²) in [6.07, 6.45) is 3.73. The summed E-state index contributed by atoms with van der Waals surface area (Å²) in [5, 5.41) is 2.40. The number of thiol groups is 1. The summed E-state index contributed by atoms with van der Waals surface area (Å²) < 4.78 is 2.18. The van der Waals surface area contributed by atoms with Gasteiger partial charge in [0, 0.05) is 40.6 Å². The molecule has 0 saturated carbocycles. The highest BCUT2D eigenvalue weighted by Crippen LogP contribution is 2.28. The lowest BCUT2D eigenvalue weighted by Crippen LogP contribution is -1.85. The molecule has 2 heterocycles. The minimum atomic E-state index is 0.985. The van der Waals surface area contributed by atoms with E-state index >= 15 is 0 Å². The van der Waals surface area contributed by atoms with E-state index in [1.165, 1.54) is 21.8 Å². The molecular weight excluding hydrogens is 204 g/mol. The van der Waals surface area contributed by atoms with E-state index in [4.69, 9.17) is 0 Å². The number of benzene rings is 1. The van der Waals surface area contributed by atoms with E-state index in [0.29, 0.717) is 0 Å². The van der Waals surface area contributed by atoms with E-state index < -0.39 is 0 Å². The summed E-state index contributed by atoms with van der Waals surface area (Å²) in [5.41, 5.74) is 2.43. The zero-order valence-electron chi connectivity index (χ0n) is 8.31. The Morgan fingerprint density at radius 1 is 1.13 bits per heavy atom. The lowest BCUT2D eigenvalue weighted by Gasteiger charge is -1.96. The van der Waals surface area contributed by atoms with Gasteiger partial charge in [0.05, 0.1) is 5.52 Å². The average molecular weight is 214 g/mol. The van der Waals surface area contributed by atoms with Crippen LogP contribution in [-0.4, -0.2) is 9.55 Å². The second kappa shape index (κ2) is 3.00. The normalized spacial score (nSPS) is 11.3. The molecule has 0 unspecified atom stereocenters. The summed E-state index contributed by atoms with van der Waals surface area (Å²) >= 11 is 4.37. The van der Waals surface area contributed by atoms with Crippen molar-refractivity contribution in [3.63, 3.8) is 0 Å². The molecule has 0 radical (unpaired) electrons. The molecule has 3 aromatic rings. The maximum atomic E-state index is 4.37. The predicted octanol–water partition coefficient (Wildman–Crippen LogP) is 3.02. The smallest absolute Gasteiger partial charge is 0.0519 e. The molecule has 2 aromatic heterocycles. The Hall–Kier alpha value is -1.48. The second-order valence-corrected chi connectivity index (χ2v) is 4.17. The number of hydrogen-bond acceptors (Lipinski definition) is 2. The first-order valence-electron chi connectivity index (χ1n) is 4.78. The van der Waals surface area contributed by atoms with Crippen molar-refractivity contribution in [1.29, 1.82) is 0 Å². The Kier molecular flexibility index (Phi) is 1.76. The van der Waals surface area contributed by atoms with Gasteiger partial charge < -0.3 is 4.57 Å². The molecular formula is C12H10N2S. The van der Waals surface area contributed by atoms with Gasteiger partial charge in [-0.3, -0.25) is 4.98 Å². The number of hydrogen-bond donors (Lipinski definition) is 1. The van der Waals surface area contributed by atoms with Crippen molar-refractivity contribution < 1.29 is 0 Å². The highest BCUT2D eigenvalue weighted by atomic mass is 32.1. The molecule has 0 fully saturated rings. The van der Waals surface area contributed by atoms with Gasteiger partial charge in [0.1, 0.15) is 0 Å². The van der Waals surface area contributed by atoms with Crippen LogP contribution in [0.1, 0.15) is 0 Å². The third-order valence-corrected chi connectivity index (χ3v) is 3.07. The van der Waals surface area contributed by atoms with Crippen LogP contribution in [0.2, 0.25) is 0 Å². The van der Waals surface area contributed by atoms with Crippen LogP contribution >= 0.6 is 12.6 Å². The average Bonchev–Trinajstić information content (AvgIpc) is 2.54. The van der Waals surface area contributed by atoms with Gasteiger partial charge in [0.15, 0.2) is 0 Å². The lowest BCUT2D eigenvalue weighted by molar-refractivity contribution is 1.01. The number of aryl methyl sites for hydroxylation is 1. The van der Waals surface area contributed by atoms with Crippen LogP contribution in [0.5, 0.6) is 0 Å². The van der Waals surface area contributed by atoms with Gasteiger partial charge in [-0.2, -0.15) is 0 Å². The number of rotatable bonds is 0. The van der Waals surface area contributed by atoms with Crippen molar-refractivity contribution in [2.24, 2.45) is 7.05 Å². The van der Waals surface area contributed by atoms with Crippen LogP contribution < -0.4 is 0 Å². The highest BCUT2D eigenvalue weighted by molar-refractivity contribution is 7.80. The van der Waals surface area contributed by atoms with Crippen molar-refractivity contribution >= 4 is 34.4 Å². The van der Waals surface area contributed by atoms with Gasteiger partial charge in [-0.05, 0) is 24.3 Å². The van der Waals surface area contributed by atoms with Gasteiger partial charge in [-0.1, -0.05) is 0 Å². The van der Waals surface area contributed by atoms with E-state index in [0.717, 1.165) is 4.90 Å². The molecule has 0 aliphatic heterocycles. The quantitative estimate of drug-likeness (QED) is 0.569. The van der Waals surface area contributed by atoms with Gasteiger partial charge in [0.2, 0.25) is 0 Å². The largest absolute Gasteiger partial charge is 0.344 e. The highest BCUT2D eigenvalue weighted by Gasteiger charge is 2.07. The monoisotopic (exact) mass is 214 g/mol. The summed E-state index contributed by atoms with van der Waals surface area (Å²) in [6.45, 7) is 0. The molecule has 1 aromatic carbocycles. The molecule has 3 heteroatoms. The van der Waals surface area contributed by atoms with Crippen molar-refractivity contribution in [2.75, 3.05) is 0 Å². The van der Waals surface area contributed by atoms with Gasteiger partial charge in [0.25, 0.3) is 0 Å². The third-order valence-electron chi connectivity index (χ3n) is 2.79. The maximum absolute atomic E-state index is 4.37. The van der Waals surface area contributed by atoms with Gasteiger partial charge in [-0.15, -0.1) is 12.6 Å². The van der Waals surface area contributed by atoms with E-state index in [9.17, 15) is 0 Å². The van der Waals surface area contributed by atoms with Crippen molar-refractivity contribution in [2.45, 2.75) is 4.90 Å². The van der Waals surface area contributed by atoms with Crippen molar-refractivity contribution in [3.8, 4) is 0 Å². The molecule has 0 spiro atoms. The van der Waals surface area contributed by atoms with Crippen molar-refractivity contribution in [1.82, 2.24) is 9.55 Å². The molecule has 15 heavy (non-hydrogen) atoms. The number of fused-ring (bicyclic) bond motifs is 3. The summed E-state index contributed by atoms with van der Waals surface area (Å²) in [6, 6.07) is 8.23. The fourth-order valence-corrected chi connectivity index (χ4v) is 2.25. The van der Waals surface area contributed by atoms with Crippen LogP contribution in [0.4, 0.5) is 0 Å². The van der Waals surface area contributed by atoms with E-state index in [1.54, 1.807) is 0 Å². The topological polar surface area (TPSA) is 17.8 Å². The molecule has 0 saturated heterocycles. The van der Waals surface area contributed by atoms with Gasteiger partial charge >= 0.3 is 0 Å². The Labute approximate surface area is 93.0 Å². The standard InChI is InChI=1S/C12H10N2S/c1-14-11-3-2-8(15)6-9(11)10-7-13-5-4-12(10)14/h2-7,15H,1H3. The van der Waals surface area contributed by atoms with Crippen LogP contribution in [0.25, 0.3) is 21.8 Å². The molecule has 0 aliphatic rings. The summed E-state index contributed by atoms with van der Waals surface area (Å²) in [4.78, 5) is 5.15. The molecule has 0 N–H and O–H groups in total. The molecule has 74 valence electrons. The fraction of sp³-hybridized carbons (Fsp3) is 0.0833. The molecule has 0 atom stereocenters. The molecule has 0 bridgehead atoms. The van der Waals surface area contributed by atoms with E-state index in [1.807, 2.05) is 24.5 Å². The Bertz CT molecular complexity index is 655. The SMILES string of the molecule is Cn1c2ccncc2c2cc(S)ccc21. The molecule has 0 aliphatic carbocycles. The minimum absolute atomic E-state index is 0.985. The van der Waals surface area contributed by atoms with Crippen LogP contribution in [0.15, 0.2) is 41.6 Å². The maximum Gasteiger partial charge on any atom is 0.0519 e. The first kappa shape index (κ1) is 8.80. The second-order valence-electron chi connectivity index (χ2n) is 3.65. The molecule has 0 amide bonds. The summed E-state index contributed by atoms with van der Waals surface area (Å²) in [5.74, 6) is 0. The predicted molar refractivity (Wildman–Crippen MR) is 65.5 cm³/mol.